The molecule has 0 aromatic heterocycles. The maximum atomic E-state index is 5.83. The van der Waals surface area contributed by atoms with Gasteiger partial charge in [-0.3, -0.25) is 5.43 Å². The van der Waals surface area contributed by atoms with Gasteiger partial charge in [-0.1, -0.05) is 60.7 Å². The molecule has 2 N–H and O–H groups in total. The van der Waals surface area contributed by atoms with Crippen LogP contribution in [0.2, 0.25) is 0 Å². The van der Waals surface area contributed by atoms with Crippen molar-refractivity contribution in [1.82, 2.24) is 5.43 Å². The van der Waals surface area contributed by atoms with Crippen molar-refractivity contribution in [3.05, 3.63) is 95.6 Å². The van der Waals surface area contributed by atoms with Gasteiger partial charge in [-0.05, 0) is 54.0 Å². The molecule has 5 heteroatoms. The number of para-hydroxylation sites is 1. The molecule has 0 saturated carbocycles. The maximum Gasteiger partial charge on any atom is 0.191 e. The van der Waals surface area contributed by atoms with Gasteiger partial charge >= 0.3 is 0 Å². The van der Waals surface area contributed by atoms with Crippen LogP contribution in [0.4, 0.5) is 5.69 Å². The van der Waals surface area contributed by atoms with E-state index < -0.39 is 0 Å². The van der Waals surface area contributed by atoms with Crippen molar-refractivity contribution < 1.29 is 4.74 Å². The van der Waals surface area contributed by atoms with Gasteiger partial charge in [-0.15, -0.1) is 0 Å². The molecule has 0 amide bonds. The lowest BCUT2D eigenvalue weighted by Crippen LogP contribution is -2.24. The first-order valence-corrected chi connectivity index (χ1v) is 9.04. The van der Waals surface area contributed by atoms with Gasteiger partial charge in [-0.25, -0.2) is 0 Å². The van der Waals surface area contributed by atoms with Crippen LogP contribution in [0.1, 0.15) is 16.7 Å². The lowest BCUT2D eigenvalue weighted by molar-refractivity contribution is 0.306. The van der Waals surface area contributed by atoms with E-state index in [0.717, 1.165) is 28.1 Å². The number of ether oxygens (including phenoxy) is 1. The molecule has 0 saturated heterocycles. The molecule has 0 spiro atoms. The molecule has 0 aliphatic heterocycles. The zero-order valence-corrected chi connectivity index (χ0v) is 15.9. The largest absolute Gasteiger partial charge is 0.489 e. The fourth-order valence-corrected chi connectivity index (χ4v) is 2.62. The van der Waals surface area contributed by atoms with E-state index >= 15 is 0 Å². The van der Waals surface area contributed by atoms with E-state index in [-0.39, 0.29) is 0 Å². The summed E-state index contributed by atoms with van der Waals surface area (Å²) in [5.74, 6) is 0.795. The summed E-state index contributed by atoms with van der Waals surface area (Å²) in [6.07, 6.45) is 1.71. The van der Waals surface area contributed by atoms with Crippen LogP contribution >= 0.6 is 12.2 Å². The number of aryl methyl sites for hydroxylation is 1. The van der Waals surface area contributed by atoms with Gasteiger partial charge in [-0.2, -0.15) is 5.10 Å². The molecule has 3 rings (SSSR count). The van der Waals surface area contributed by atoms with Crippen molar-refractivity contribution in [2.45, 2.75) is 13.5 Å². The summed E-state index contributed by atoms with van der Waals surface area (Å²) in [4.78, 5) is 0. The normalized spacial score (nSPS) is 10.6. The number of nitrogens with zero attached hydrogens (tertiary/aromatic N) is 1. The van der Waals surface area contributed by atoms with E-state index in [4.69, 9.17) is 17.0 Å². The van der Waals surface area contributed by atoms with E-state index in [1.54, 1.807) is 6.21 Å². The number of benzene rings is 3. The fourth-order valence-electron chi connectivity index (χ4n) is 2.45. The van der Waals surface area contributed by atoms with E-state index in [1.807, 2.05) is 85.8 Å². The lowest BCUT2D eigenvalue weighted by atomic mass is 10.2. The molecule has 3 aromatic carbocycles. The standard InChI is InChI=1S/C22H21N3OS/c1-17-8-5-6-13-21(17)24-22(27)25-23-15-19-11-7-12-20(14-19)26-16-18-9-3-2-4-10-18/h2-15H,16H2,1H3,(H2,24,25,27). The van der Waals surface area contributed by atoms with E-state index in [9.17, 15) is 0 Å². The molecule has 0 aliphatic carbocycles. The minimum atomic E-state index is 0.442. The molecule has 0 atom stereocenters. The molecule has 0 unspecified atom stereocenters. The molecule has 0 fully saturated rings. The van der Waals surface area contributed by atoms with E-state index in [0.29, 0.717) is 11.7 Å². The second-order valence-electron chi connectivity index (χ2n) is 5.99. The zero-order valence-electron chi connectivity index (χ0n) is 15.1. The molecule has 3 aromatic rings. The number of nitrogens with one attached hydrogen (secondary N) is 2. The average Bonchev–Trinajstić information content (AvgIpc) is 2.69. The fraction of sp³-hybridized carbons (Fsp3) is 0.0909. The molecular formula is C22H21N3OS. The first-order valence-electron chi connectivity index (χ1n) is 8.63. The third kappa shape index (κ3) is 5.94. The summed E-state index contributed by atoms with van der Waals surface area (Å²) in [5.41, 5.74) is 6.97. The Kier molecular flexibility index (Phi) is 6.55. The number of hydrogen-bond acceptors (Lipinski definition) is 3. The second-order valence-corrected chi connectivity index (χ2v) is 6.39. The first kappa shape index (κ1) is 18.6. The molecular weight excluding hydrogens is 354 g/mol. The van der Waals surface area contributed by atoms with Crippen molar-refractivity contribution in [3.8, 4) is 5.75 Å². The Balaban J connectivity index is 1.52. The Morgan fingerprint density at radius 1 is 1.00 bits per heavy atom. The van der Waals surface area contributed by atoms with Crippen molar-refractivity contribution >= 4 is 29.2 Å². The summed E-state index contributed by atoms with van der Waals surface area (Å²) >= 11 is 5.27. The molecule has 4 nitrogen and oxygen atoms in total. The molecule has 0 heterocycles. The lowest BCUT2D eigenvalue weighted by Gasteiger charge is -2.09. The van der Waals surface area contributed by atoms with Gasteiger partial charge in [0.05, 0.1) is 6.21 Å². The number of thiocarbonyl (C=S) groups is 1. The number of rotatable bonds is 6. The minimum Gasteiger partial charge on any atom is -0.489 e. The van der Waals surface area contributed by atoms with Gasteiger partial charge in [0.25, 0.3) is 0 Å². The Labute approximate surface area is 164 Å². The summed E-state index contributed by atoms with van der Waals surface area (Å²) in [6.45, 7) is 2.55. The smallest absolute Gasteiger partial charge is 0.191 e. The monoisotopic (exact) mass is 375 g/mol. The summed E-state index contributed by atoms with van der Waals surface area (Å²) in [7, 11) is 0. The number of anilines is 1. The quantitative estimate of drug-likeness (QED) is 0.366. The van der Waals surface area contributed by atoms with Crippen molar-refractivity contribution in [3.63, 3.8) is 0 Å². The van der Waals surface area contributed by atoms with Gasteiger partial charge in [0.15, 0.2) is 5.11 Å². The Bertz CT molecular complexity index is 926. The summed E-state index contributed by atoms with van der Waals surface area (Å²) in [6, 6.07) is 25.8. The van der Waals surface area contributed by atoms with Crippen LogP contribution in [0.5, 0.6) is 5.75 Å². The maximum absolute atomic E-state index is 5.83. The van der Waals surface area contributed by atoms with Crippen LogP contribution in [-0.4, -0.2) is 11.3 Å². The van der Waals surface area contributed by atoms with Crippen LogP contribution in [0, 0.1) is 6.92 Å². The number of hydrogen-bond donors (Lipinski definition) is 2. The van der Waals surface area contributed by atoms with Crippen LogP contribution in [0.25, 0.3) is 0 Å². The van der Waals surface area contributed by atoms with Gasteiger partial charge in [0.1, 0.15) is 12.4 Å². The van der Waals surface area contributed by atoms with Crippen molar-refractivity contribution in [2.75, 3.05) is 5.32 Å². The van der Waals surface area contributed by atoms with Crippen LogP contribution < -0.4 is 15.5 Å². The van der Waals surface area contributed by atoms with Gasteiger partial charge in [0.2, 0.25) is 0 Å². The summed E-state index contributed by atoms with van der Waals surface area (Å²) in [5, 5.41) is 7.76. The second kappa shape index (κ2) is 9.50. The predicted molar refractivity (Wildman–Crippen MR) is 115 cm³/mol. The van der Waals surface area contributed by atoms with Crippen molar-refractivity contribution in [1.29, 1.82) is 0 Å². The highest BCUT2D eigenvalue weighted by Gasteiger charge is 1.99. The van der Waals surface area contributed by atoms with Crippen LogP contribution in [-0.2, 0) is 6.61 Å². The third-order valence-corrected chi connectivity index (χ3v) is 4.07. The molecule has 27 heavy (non-hydrogen) atoms. The predicted octanol–water partition coefficient (Wildman–Crippen LogP) is 4.89. The molecule has 0 radical (unpaired) electrons. The number of hydrazone groups is 1. The highest BCUT2D eigenvalue weighted by molar-refractivity contribution is 7.80. The van der Waals surface area contributed by atoms with Gasteiger partial charge < -0.3 is 10.1 Å². The van der Waals surface area contributed by atoms with E-state index in [2.05, 4.69) is 15.8 Å². The highest BCUT2D eigenvalue weighted by atomic mass is 32.1. The third-order valence-electron chi connectivity index (χ3n) is 3.88. The zero-order chi connectivity index (χ0) is 18.9. The summed E-state index contributed by atoms with van der Waals surface area (Å²) < 4.78 is 5.83. The molecule has 0 aliphatic rings. The minimum absolute atomic E-state index is 0.442. The molecule has 0 bridgehead atoms. The van der Waals surface area contributed by atoms with Gasteiger partial charge in [0, 0.05) is 5.69 Å². The van der Waals surface area contributed by atoms with Crippen molar-refractivity contribution in [2.24, 2.45) is 5.10 Å². The van der Waals surface area contributed by atoms with Crippen LogP contribution in [0.3, 0.4) is 0 Å². The van der Waals surface area contributed by atoms with E-state index in [1.165, 1.54) is 0 Å². The Hall–Kier alpha value is -3.18. The SMILES string of the molecule is Cc1ccccc1NC(=S)NN=Cc1cccc(OCc2ccccc2)c1. The Morgan fingerprint density at radius 2 is 1.78 bits per heavy atom. The first-order chi connectivity index (χ1) is 13.2. The Morgan fingerprint density at radius 3 is 2.59 bits per heavy atom. The average molecular weight is 375 g/mol. The molecule has 136 valence electrons. The topological polar surface area (TPSA) is 45.7 Å². The highest BCUT2D eigenvalue weighted by Crippen LogP contribution is 2.14. The van der Waals surface area contributed by atoms with Crippen LogP contribution in [0.15, 0.2) is 84.0 Å².